The number of rotatable bonds is 5. The molecular formula is C19H22ClN2O3S. The Morgan fingerprint density at radius 2 is 1.73 bits per heavy atom. The molecule has 139 valence electrons. The molecule has 5 nitrogen and oxygen atoms in total. The normalized spacial score (nSPS) is 17.1. The summed E-state index contributed by atoms with van der Waals surface area (Å²) in [7, 11) is -3.35. The Kier molecular flexibility index (Phi) is 6.19. The minimum atomic E-state index is -3.35. The number of nitrogens with zero attached hydrogens (tertiary/aromatic N) is 2. The first-order chi connectivity index (χ1) is 12.4. The predicted octanol–water partition coefficient (Wildman–Crippen LogP) is 3.52. The minimum absolute atomic E-state index is 0.0207. The molecule has 1 saturated heterocycles. The molecule has 0 saturated carbocycles. The largest absolute Gasteiger partial charge is 0.298 e. The Balaban J connectivity index is 1.63. The van der Waals surface area contributed by atoms with Crippen LogP contribution in [-0.4, -0.2) is 43.8 Å². The van der Waals surface area contributed by atoms with E-state index in [2.05, 4.69) is 4.90 Å². The lowest BCUT2D eigenvalue weighted by molar-refractivity contribution is 0.268. The summed E-state index contributed by atoms with van der Waals surface area (Å²) < 4.78 is 27.0. The van der Waals surface area contributed by atoms with E-state index in [0.29, 0.717) is 36.8 Å². The molecule has 0 atom stereocenters. The summed E-state index contributed by atoms with van der Waals surface area (Å²) in [6, 6.07) is 14.0. The van der Waals surface area contributed by atoms with E-state index in [9.17, 15) is 13.5 Å². The maximum absolute atomic E-state index is 12.7. The molecular weight excluding hydrogens is 372 g/mol. The predicted molar refractivity (Wildman–Crippen MR) is 102 cm³/mol. The molecule has 1 heterocycles. The van der Waals surface area contributed by atoms with Crippen molar-refractivity contribution in [1.29, 1.82) is 0 Å². The highest BCUT2D eigenvalue weighted by atomic mass is 35.5. The molecule has 0 aromatic heterocycles. The van der Waals surface area contributed by atoms with Gasteiger partial charge in [-0.05, 0) is 36.7 Å². The zero-order chi connectivity index (χ0) is 18.6. The fraction of sp³-hybridized carbons (Fsp3) is 0.368. The first kappa shape index (κ1) is 19.2. The van der Waals surface area contributed by atoms with E-state index in [1.807, 2.05) is 30.3 Å². The van der Waals surface area contributed by atoms with Gasteiger partial charge in [-0.3, -0.25) is 10.0 Å². The molecule has 1 aliphatic rings. The Hall–Kier alpha value is -1.60. The molecule has 26 heavy (non-hydrogen) atoms. The summed E-state index contributed by atoms with van der Waals surface area (Å²) in [5.41, 5.74) is 1.45. The van der Waals surface area contributed by atoms with Gasteiger partial charge in [0.15, 0.2) is 5.75 Å². The Labute approximate surface area is 159 Å². The summed E-state index contributed by atoms with van der Waals surface area (Å²) in [4.78, 5) is 2.12. The number of benzene rings is 2. The van der Waals surface area contributed by atoms with E-state index in [1.165, 1.54) is 6.07 Å². The summed E-state index contributed by atoms with van der Waals surface area (Å²) in [5, 5.41) is 12.5. The van der Waals surface area contributed by atoms with Crippen LogP contribution in [-0.2, 0) is 27.4 Å². The van der Waals surface area contributed by atoms with Crippen LogP contribution in [0.25, 0.3) is 0 Å². The molecule has 0 N–H and O–H groups in total. The Bertz CT molecular complexity index is 843. The molecule has 0 spiro atoms. The van der Waals surface area contributed by atoms with Crippen LogP contribution in [0.3, 0.4) is 0 Å². The second-order valence-electron chi connectivity index (χ2n) is 6.52. The minimum Gasteiger partial charge on any atom is -0.298 e. The summed E-state index contributed by atoms with van der Waals surface area (Å²) >= 11 is 5.98. The highest BCUT2D eigenvalue weighted by Crippen LogP contribution is 2.24. The number of sulfonamides is 1. The zero-order valence-electron chi connectivity index (χ0n) is 14.5. The molecule has 1 radical (unpaired) electrons. The van der Waals surface area contributed by atoms with Crippen molar-refractivity contribution >= 4 is 21.6 Å². The first-order valence-corrected chi connectivity index (χ1v) is 10.6. The molecule has 0 aliphatic carbocycles. The average Bonchev–Trinajstić information content (AvgIpc) is 2.85. The molecule has 0 amide bonds. The SMILES string of the molecule is [O]c1ccc(Cl)cc1CN1CCCN(S(=O)(=O)Cc2ccccc2)CC1. The van der Waals surface area contributed by atoms with Crippen LogP contribution in [0.15, 0.2) is 48.5 Å². The van der Waals surface area contributed by atoms with Gasteiger partial charge in [0.25, 0.3) is 0 Å². The maximum Gasteiger partial charge on any atom is 0.218 e. The van der Waals surface area contributed by atoms with Crippen molar-refractivity contribution in [3.63, 3.8) is 0 Å². The van der Waals surface area contributed by atoms with E-state index >= 15 is 0 Å². The van der Waals surface area contributed by atoms with Gasteiger partial charge in [0.1, 0.15) is 0 Å². The van der Waals surface area contributed by atoms with Crippen LogP contribution in [0.2, 0.25) is 5.02 Å². The highest BCUT2D eigenvalue weighted by Gasteiger charge is 2.25. The quantitative estimate of drug-likeness (QED) is 0.780. The number of halogens is 1. The third kappa shape index (κ3) is 4.98. The second-order valence-corrected chi connectivity index (χ2v) is 8.93. The van der Waals surface area contributed by atoms with Crippen molar-refractivity contribution in [3.8, 4) is 5.75 Å². The van der Waals surface area contributed by atoms with Crippen LogP contribution in [0.5, 0.6) is 5.75 Å². The van der Waals surface area contributed by atoms with Crippen molar-refractivity contribution < 1.29 is 13.5 Å². The van der Waals surface area contributed by atoms with Crippen molar-refractivity contribution in [2.75, 3.05) is 26.2 Å². The Morgan fingerprint density at radius 3 is 2.50 bits per heavy atom. The van der Waals surface area contributed by atoms with Crippen molar-refractivity contribution in [1.82, 2.24) is 9.21 Å². The molecule has 0 unspecified atom stereocenters. The average molecular weight is 394 g/mol. The van der Waals surface area contributed by atoms with Gasteiger partial charge in [0, 0.05) is 36.8 Å². The van der Waals surface area contributed by atoms with E-state index < -0.39 is 10.0 Å². The second kappa shape index (κ2) is 8.39. The molecule has 7 heteroatoms. The van der Waals surface area contributed by atoms with Gasteiger partial charge in [0.2, 0.25) is 10.0 Å². The summed E-state index contributed by atoms with van der Waals surface area (Å²) in [6.45, 7) is 2.78. The standard InChI is InChI=1S/C19H22ClN2O3S/c20-18-7-8-19(23)17(13-18)14-21-9-4-10-22(12-11-21)26(24,25)15-16-5-2-1-3-6-16/h1-3,5-8,13H,4,9-12,14-15H2. The number of hydrogen-bond donors (Lipinski definition) is 0. The van der Waals surface area contributed by atoms with Crippen LogP contribution < -0.4 is 0 Å². The smallest absolute Gasteiger partial charge is 0.218 e. The van der Waals surface area contributed by atoms with E-state index in [0.717, 1.165) is 18.5 Å². The highest BCUT2D eigenvalue weighted by molar-refractivity contribution is 7.88. The van der Waals surface area contributed by atoms with Crippen LogP contribution in [0.1, 0.15) is 17.5 Å². The maximum atomic E-state index is 12.7. The van der Waals surface area contributed by atoms with Gasteiger partial charge in [-0.15, -0.1) is 0 Å². The molecule has 0 bridgehead atoms. The number of hydrogen-bond acceptors (Lipinski definition) is 3. The van der Waals surface area contributed by atoms with Gasteiger partial charge < -0.3 is 0 Å². The van der Waals surface area contributed by atoms with Crippen molar-refractivity contribution in [2.24, 2.45) is 0 Å². The van der Waals surface area contributed by atoms with E-state index in [4.69, 9.17) is 11.6 Å². The molecule has 1 aliphatic heterocycles. The summed E-state index contributed by atoms with van der Waals surface area (Å²) in [5.74, 6) is -0.0143. The third-order valence-electron chi connectivity index (χ3n) is 4.55. The van der Waals surface area contributed by atoms with Crippen LogP contribution >= 0.6 is 11.6 Å². The van der Waals surface area contributed by atoms with Gasteiger partial charge in [-0.25, -0.2) is 12.7 Å². The lowest BCUT2D eigenvalue weighted by Crippen LogP contribution is -2.35. The fourth-order valence-corrected chi connectivity index (χ4v) is 4.93. The molecule has 2 aromatic carbocycles. The molecule has 3 rings (SSSR count). The van der Waals surface area contributed by atoms with Gasteiger partial charge in [0.05, 0.1) is 5.75 Å². The monoisotopic (exact) mass is 393 g/mol. The lowest BCUT2D eigenvalue weighted by Gasteiger charge is -2.22. The zero-order valence-corrected chi connectivity index (χ0v) is 16.0. The van der Waals surface area contributed by atoms with Crippen LogP contribution in [0, 0.1) is 0 Å². The molecule has 1 fully saturated rings. The Morgan fingerprint density at radius 1 is 0.962 bits per heavy atom. The van der Waals surface area contributed by atoms with Crippen molar-refractivity contribution in [2.45, 2.75) is 18.7 Å². The van der Waals surface area contributed by atoms with Crippen LogP contribution in [0.4, 0.5) is 0 Å². The molecule has 2 aromatic rings. The lowest BCUT2D eigenvalue weighted by atomic mass is 10.2. The topological polar surface area (TPSA) is 60.5 Å². The van der Waals surface area contributed by atoms with Crippen molar-refractivity contribution in [3.05, 3.63) is 64.7 Å². The fourth-order valence-electron chi connectivity index (χ4n) is 3.17. The third-order valence-corrected chi connectivity index (χ3v) is 6.63. The van der Waals surface area contributed by atoms with Gasteiger partial charge in [-0.1, -0.05) is 41.9 Å². The van der Waals surface area contributed by atoms with E-state index in [1.54, 1.807) is 16.4 Å². The summed E-state index contributed by atoms with van der Waals surface area (Å²) in [6.07, 6.45) is 0.739. The van der Waals surface area contributed by atoms with Gasteiger partial charge in [-0.2, -0.15) is 0 Å². The van der Waals surface area contributed by atoms with E-state index in [-0.39, 0.29) is 11.5 Å². The first-order valence-electron chi connectivity index (χ1n) is 8.63. The van der Waals surface area contributed by atoms with Gasteiger partial charge >= 0.3 is 0 Å².